The number of aryl methyl sites for hydroxylation is 1. The number of para-hydroxylation sites is 3. The van der Waals surface area contributed by atoms with E-state index >= 15 is 0 Å². The summed E-state index contributed by atoms with van der Waals surface area (Å²) < 4.78 is 17.3. The topological polar surface area (TPSA) is 61.9 Å². The number of benzene rings is 5. The molecule has 0 aliphatic carbocycles. The summed E-state index contributed by atoms with van der Waals surface area (Å²) in [6, 6.07) is 42.8. The normalized spacial score (nSPS) is 12.3. The number of furan rings is 2. The van der Waals surface area contributed by atoms with Crippen molar-refractivity contribution in [3.8, 4) is 22.8 Å². The van der Waals surface area contributed by atoms with Crippen molar-refractivity contribution in [1.29, 1.82) is 0 Å². The van der Waals surface area contributed by atoms with Gasteiger partial charge >= 0.3 is 0 Å². The Labute approximate surface area is 297 Å². The molecule has 0 unspecified atom stereocenters. The second-order valence-electron chi connectivity index (χ2n) is 13.4. The van der Waals surface area contributed by atoms with Crippen LogP contribution in [0.2, 0.25) is 0 Å². The second kappa shape index (κ2) is 10.8. The molecule has 0 N–H and O–H groups in total. The van der Waals surface area contributed by atoms with Gasteiger partial charge in [0.15, 0.2) is 22.8 Å². The monoisotopic (exact) mass is 670 g/mol. The van der Waals surface area contributed by atoms with E-state index < -0.39 is 0 Å². The van der Waals surface area contributed by atoms with Gasteiger partial charge in [0, 0.05) is 55.7 Å². The van der Waals surface area contributed by atoms with Crippen LogP contribution in [0, 0.1) is 6.92 Å². The average molecular weight is 671 g/mol. The molecule has 5 aromatic carbocycles. The van der Waals surface area contributed by atoms with E-state index in [1.807, 2.05) is 62.6 Å². The van der Waals surface area contributed by atoms with E-state index in [1.54, 1.807) is 0 Å². The summed E-state index contributed by atoms with van der Waals surface area (Å²) in [6.07, 6.45) is 7.91. The van der Waals surface area contributed by atoms with Crippen LogP contribution in [0.15, 0.2) is 149 Å². The van der Waals surface area contributed by atoms with Gasteiger partial charge in [-0.05, 0) is 79.6 Å². The van der Waals surface area contributed by atoms with Crippen molar-refractivity contribution in [2.75, 3.05) is 0 Å². The molecule has 0 bridgehead atoms. The molecule has 0 fully saturated rings. The Balaban J connectivity index is 1.11. The van der Waals surface area contributed by atoms with E-state index in [1.165, 1.54) is 0 Å². The van der Waals surface area contributed by atoms with E-state index in [-0.39, 0.29) is 0 Å². The summed E-state index contributed by atoms with van der Waals surface area (Å²) in [5.41, 5.74) is 10.1. The molecule has 0 amide bonds. The number of hydrogen-bond acceptors (Lipinski definition) is 4. The molecule has 0 aliphatic rings. The second-order valence-corrected chi connectivity index (χ2v) is 13.4. The predicted molar refractivity (Wildman–Crippen MR) is 213 cm³/mol. The van der Waals surface area contributed by atoms with Crippen LogP contribution in [-0.2, 0) is 0 Å². The molecule has 6 heteroatoms. The maximum absolute atomic E-state index is 6.45. The molecule has 11 aromatic rings. The molecular formula is C46H30N4O2. The predicted octanol–water partition coefficient (Wildman–Crippen LogP) is 12.3. The van der Waals surface area contributed by atoms with Crippen LogP contribution < -0.4 is 0 Å². The minimum atomic E-state index is 0.783. The van der Waals surface area contributed by atoms with Gasteiger partial charge in [0.2, 0.25) is 0 Å². The summed E-state index contributed by atoms with van der Waals surface area (Å²) in [6.45, 7) is 4.04. The van der Waals surface area contributed by atoms with Gasteiger partial charge in [0.05, 0.1) is 22.1 Å². The van der Waals surface area contributed by atoms with E-state index in [0.29, 0.717) is 0 Å². The Morgan fingerprint density at radius 3 is 1.63 bits per heavy atom. The van der Waals surface area contributed by atoms with Crippen molar-refractivity contribution < 1.29 is 8.83 Å². The third-order valence-corrected chi connectivity index (χ3v) is 10.5. The smallest absolute Gasteiger partial charge is 0.181 e. The molecular weight excluding hydrogens is 641 g/mol. The zero-order valence-corrected chi connectivity index (χ0v) is 28.5. The van der Waals surface area contributed by atoms with Crippen LogP contribution in [0.25, 0.3) is 105 Å². The number of allylic oxidation sites excluding steroid dienone is 1. The highest BCUT2D eigenvalue weighted by Crippen LogP contribution is 2.41. The first-order valence-corrected chi connectivity index (χ1v) is 17.5. The lowest BCUT2D eigenvalue weighted by Gasteiger charge is -2.09. The summed E-state index contributed by atoms with van der Waals surface area (Å²) in [4.78, 5) is 9.80. The molecule has 0 saturated carbocycles. The van der Waals surface area contributed by atoms with E-state index in [4.69, 9.17) is 18.8 Å². The van der Waals surface area contributed by atoms with Crippen molar-refractivity contribution in [2.24, 2.45) is 0 Å². The Kier molecular flexibility index (Phi) is 5.99. The zero-order chi connectivity index (χ0) is 34.5. The van der Waals surface area contributed by atoms with Crippen molar-refractivity contribution in [1.82, 2.24) is 19.1 Å². The highest BCUT2D eigenvalue weighted by atomic mass is 16.3. The van der Waals surface area contributed by atoms with Gasteiger partial charge in [-0.1, -0.05) is 78.9 Å². The average Bonchev–Trinajstić information content (AvgIpc) is 3.92. The summed E-state index contributed by atoms with van der Waals surface area (Å²) in [5, 5.41) is 7.85. The quantitative estimate of drug-likeness (QED) is 0.187. The minimum absolute atomic E-state index is 0.783. The highest BCUT2D eigenvalue weighted by Gasteiger charge is 2.21. The van der Waals surface area contributed by atoms with E-state index in [2.05, 4.69) is 106 Å². The third-order valence-electron chi connectivity index (χ3n) is 10.5. The number of fused-ring (bicyclic) bond motifs is 10. The minimum Gasteiger partial charge on any atom is -0.457 e. The maximum atomic E-state index is 6.45. The molecule has 0 atom stereocenters. The van der Waals surface area contributed by atoms with Crippen LogP contribution in [-0.4, -0.2) is 19.1 Å². The molecule has 0 aliphatic heterocycles. The number of hydrogen-bond donors (Lipinski definition) is 0. The van der Waals surface area contributed by atoms with Crippen molar-refractivity contribution in [3.63, 3.8) is 0 Å². The lowest BCUT2D eigenvalue weighted by molar-refractivity contribution is 0.574. The van der Waals surface area contributed by atoms with Gasteiger partial charge in [-0.25, -0.2) is 9.97 Å². The van der Waals surface area contributed by atoms with Gasteiger partial charge in [-0.2, -0.15) is 0 Å². The number of rotatable bonds is 4. The molecule has 0 saturated heterocycles. The fourth-order valence-electron chi connectivity index (χ4n) is 8.24. The Bertz CT molecular complexity index is 3280. The van der Waals surface area contributed by atoms with Crippen molar-refractivity contribution in [2.45, 2.75) is 13.8 Å². The lowest BCUT2D eigenvalue weighted by atomic mass is 10.0. The molecule has 6 aromatic heterocycles. The fraction of sp³-hybridized carbons (Fsp3) is 0.0435. The van der Waals surface area contributed by atoms with Crippen molar-refractivity contribution >= 4 is 82.6 Å². The molecule has 0 radical (unpaired) electrons. The SMILES string of the molecule is CC=Cc1c(C)oc2c(-n3c4ccccc4c4cc(-c5ccc6c(c5)c5ccccc5n6-c5nccc6c5oc5ccccc56)ccc43)nccc12. The maximum Gasteiger partial charge on any atom is 0.181 e. The van der Waals surface area contributed by atoms with Crippen molar-refractivity contribution in [3.05, 3.63) is 151 Å². The Hall–Kier alpha value is -6.92. The molecule has 6 heterocycles. The highest BCUT2D eigenvalue weighted by molar-refractivity contribution is 6.14. The van der Waals surface area contributed by atoms with Crippen LogP contribution in [0.4, 0.5) is 0 Å². The first-order chi connectivity index (χ1) is 25.7. The lowest BCUT2D eigenvalue weighted by Crippen LogP contribution is -1.97. The van der Waals surface area contributed by atoms with E-state index in [0.717, 1.165) is 111 Å². The summed E-state index contributed by atoms with van der Waals surface area (Å²) in [7, 11) is 0. The summed E-state index contributed by atoms with van der Waals surface area (Å²) >= 11 is 0. The Morgan fingerprint density at radius 1 is 0.500 bits per heavy atom. The van der Waals surface area contributed by atoms with Gasteiger partial charge in [0.25, 0.3) is 0 Å². The number of nitrogens with zero attached hydrogens (tertiary/aromatic N) is 4. The molecule has 0 spiro atoms. The molecule has 11 rings (SSSR count). The first-order valence-electron chi connectivity index (χ1n) is 17.5. The Morgan fingerprint density at radius 2 is 1.02 bits per heavy atom. The van der Waals surface area contributed by atoms with Crippen LogP contribution in [0.5, 0.6) is 0 Å². The zero-order valence-electron chi connectivity index (χ0n) is 28.5. The van der Waals surface area contributed by atoms with Gasteiger partial charge in [0.1, 0.15) is 11.3 Å². The fourth-order valence-corrected chi connectivity index (χ4v) is 8.24. The standard InChI is InChI=1S/C46H30N4O2/c1-3-10-30-27(2)51-43-34(30)21-23-47-45(43)49-38-14-7-4-11-31(38)36-25-28(17-19-40(36)49)29-18-20-41-37(26-29)32-12-5-8-15-39(32)50(41)46-44-35(22-24-48-46)33-13-6-9-16-42(33)52-44/h3-26H,1-2H3. The van der Waals surface area contributed by atoms with Crippen LogP contribution in [0.3, 0.4) is 0 Å². The number of aromatic nitrogens is 4. The largest absolute Gasteiger partial charge is 0.457 e. The molecule has 52 heavy (non-hydrogen) atoms. The molecule has 246 valence electrons. The van der Waals surface area contributed by atoms with Crippen LogP contribution in [0.1, 0.15) is 18.2 Å². The summed E-state index contributed by atoms with van der Waals surface area (Å²) in [5.74, 6) is 2.46. The van der Waals surface area contributed by atoms with Gasteiger partial charge in [-0.15, -0.1) is 0 Å². The van der Waals surface area contributed by atoms with Crippen LogP contribution >= 0.6 is 0 Å². The van der Waals surface area contributed by atoms with Gasteiger partial charge < -0.3 is 8.83 Å². The third kappa shape index (κ3) is 3.94. The molecule has 6 nitrogen and oxygen atoms in total. The number of pyridine rings is 2. The van der Waals surface area contributed by atoms with Gasteiger partial charge in [-0.3, -0.25) is 9.13 Å². The van der Waals surface area contributed by atoms with E-state index in [9.17, 15) is 0 Å². The first kappa shape index (κ1) is 28.9.